The van der Waals surface area contributed by atoms with Crippen molar-refractivity contribution in [3.8, 4) is 0 Å². The van der Waals surface area contributed by atoms with Crippen molar-refractivity contribution in [1.29, 1.82) is 0 Å². The van der Waals surface area contributed by atoms with E-state index >= 15 is 0 Å². The molecule has 4 unspecified atom stereocenters. The van der Waals surface area contributed by atoms with Gasteiger partial charge in [0.1, 0.15) is 19.3 Å². The number of carbonyl (C=O) groups is 4. The zero-order chi connectivity index (χ0) is 70.3. The zero-order valence-corrected chi connectivity index (χ0v) is 64.1. The van der Waals surface area contributed by atoms with Crippen LogP contribution in [-0.4, -0.2) is 96.7 Å². The van der Waals surface area contributed by atoms with E-state index in [4.69, 9.17) is 37.0 Å². The van der Waals surface area contributed by atoms with Gasteiger partial charge in [0, 0.05) is 25.7 Å². The highest BCUT2D eigenvalue weighted by molar-refractivity contribution is 7.47. The maximum absolute atomic E-state index is 13.1. The van der Waals surface area contributed by atoms with Crippen LogP contribution in [-0.2, 0) is 65.4 Å². The van der Waals surface area contributed by atoms with Crippen molar-refractivity contribution in [3.05, 3.63) is 0 Å². The lowest BCUT2D eigenvalue weighted by Gasteiger charge is -2.21. The first-order valence-corrected chi connectivity index (χ1v) is 42.2. The van der Waals surface area contributed by atoms with Crippen LogP contribution >= 0.6 is 15.6 Å². The summed E-state index contributed by atoms with van der Waals surface area (Å²) >= 11 is 0. The standard InChI is InChI=1S/C76H148O17P2/c1-9-69(8)55-47-39-31-23-19-20-26-34-43-51-59-76(81)93-72(63-87-74(79)57-49-41-35-27-30-38-46-54-68(6)7)65-91-95(84,85)89-61-70(77)60-88-94(82,83)90-64-71(62-86-73(78)56-48-40-32-24-18-14-16-22-29-37-45-53-67(4)5)92-75(80)58-50-42-33-25-17-13-11-10-12-15-21-28-36-44-52-66(2)3/h66-72,77H,9-65H2,1-8H3,(H,82,83)(H,84,85)/t69?,70?,71-,72-/m1/s1. The number of hydrogen-bond acceptors (Lipinski definition) is 15. The molecule has 0 radical (unpaired) electrons. The Labute approximate surface area is 581 Å². The van der Waals surface area contributed by atoms with Crippen molar-refractivity contribution in [3.63, 3.8) is 0 Å². The quantitative estimate of drug-likeness (QED) is 0.0222. The van der Waals surface area contributed by atoms with Crippen molar-refractivity contribution in [1.82, 2.24) is 0 Å². The molecule has 0 saturated heterocycles. The molecule has 0 aromatic rings. The third-order valence-corrected chi connectivity index (χ3v) is 19.8. The van der Waals surface area contributed by atoms with Gasteiger partial charge in [-0.25, -0.2) is 9.13 Å². The summed E-state index contributed by atoms with van der Waals surface area (Å²) in [6.45, 7) is 14.2. The molecule has 19 heteroatoms. The van der Waals surface area contributed by atoms with E-state index in [1.54, 1.807) is 0 Å². The summed E-state index contributed by atoms with van der Waals surface area (Å²) in [5, 5.41) is 10.6. The fourth-order valence-electron chi connectivity index (χ4n) is 11.5. The first kappa shape index (κ1) is 93.1. The van der Waals surface area contributed by atoms with Crippen LogP contribution < -0.4 is 0 Å². The van der Waals surface area contributed by atoms with Crippen molar-refractivity contribution in [2.75, 3.05) is 39.6 Å². The Morgan fingerprint density at radius 2 is 0.505 bits per heavy atom. The van der Waals surface area contributed by atoms with Crippen LogP contribution in [0.25, 0.3) is 0 Å². The van der Waals surface area contributed by atoms with Crippen LogP contribution in [0, 0.1) is 23.7 Å². The molecule has 3 N–H and O–H groups in total. The normalized spacial score (nSPS) is 14.4. The first-order valence-electron chi connectivity index (χ1n) is 39.2. The molecule has 17 nitrogen and oxygen atoms in total. The van der Waals surface area contributed by atoms with E-state index in [1.165, 1.54) is 180 Å². The zero-order valence-electron chi connectivity index (χ0n) is 62.3. The highest BCUT2D eigenvalue weighted by Crippen LogP contribution is 2.45. The molecular formula is C76H148O17P2. The molecular weight excluding hydrogens is 1250 g/mol. The summed E-state index contributed by atoms with van der Waals surface area (Å²) in [4.78, 5) is 72.8. The molecule has 95 heavy (non-hydrogen) atoms. The SMILES string of the molecule is CCC(C)CCCCCCCCCCCCC(=O)O[C@H](COC(=O)CCCCCCCCCC(C)C)COP(=O)(O)OCC(O)COP(=O)(O)OC[C@@H](COC(=O)CCCCCCCCCCCCCC(C)C)OC(=O)CCCCCCCCCCCCCCCCC(C)C. The lowest BCUT2D eigenvalue weighted by atomic mass is 9.99. The van der Waals surface area contributed by atoms with Crippen molar-refractivity contribution in [2.45, 2.75) is 401 Å². The average molecular weight is 1400 g/mol. The molecule has 0 aliphatic carbocycles. The minimum Gasteiger partial charge on any atom is -0.462 e. The van der Waals surface area contributed by atoms with E-state index in [-0.39, 0.29) is 25.7 Å². The molecule has 0 saturated carbocycles. The van der Waals surface area contributed by atoms with E-state index in [0.29, 0.717) is 31.6 Å². The molecule has 0 aliphatic heterocycles. The molecule has 0 aliphatic rings. The highest BCUT2D eigenvalue weighted by Gasteiger charge is 2.30. The predicted molar refractivity (Wildman–Crippen MR) is 386 cm³/mol. The average Bonchev–Trinajstić information content (AvgIpc) is 1.58. The number of aliphatic hydroxyl groups excluding tert-OH is 1. The molecule has 0 aromatic carbocycles. The highest BCUT2D eigenvalue weighted by atomic mass is 31.2. The number of carbonyl (C=O) groups excluding carboxylic acids is 4. The summed E-state index contributed by atoms with van der Waals surface area (Å²) in [5.41, 5.74) is 0. The number of phosphoric acid groups is 2. The number of aliphatic hydroxyl groups is 1. The molecule has 0 rings (SSSR count). The molecule has 6 atom stereocenters. The van der Waals surface area contributed by atoms with E-state index in [9.17, 15) is 43.2 Å². The second-order valence-electron chi connectivity index (χ2n) is 29.1. The van der Waals surface area contributed by atoms with Gasteiger partial charge < -0.3 is 33.8 Å². The summed E-state index contributed by atoms with van der Waals surface area (Å²) in [6, 6.07) is 0. The summed E-state index contributed by atoms with van der Waals surface area (Å²) in [5.74, 6) is 0.953. The van der Waals surface area contributed by atoms with Gasteiger partial charge in [-0.1, -0.05) is 331 Å². The Bertz CT molecular complexity index is 1870. The van der Waals surface area contributed by atoms with Crippen LogP contribution in [0.1, 0.15) is 383 Å². The number of phosphoric ester groups is 2. The number of esters is 4. The first-order chi connectivity index (χ1) is 45.6. The maximum atomic E-state index is 13.1. The number of unbranched alkanes of at least 4 members (excludes halogenated alkanes) is 38. The number of ether oxygens (including phenoxy) is 4. The third kappa shape index (κ3) is 69.0. The van der Waals surface area contributed by atoms with E-state index in [2.05, 4.69) is 55.4 Å². The Hall–Kier alpha value is -1.94. The topological polar surface area (TPSA) is 237 Å². The monoisotopic (exact) mass is 1400 g/mol. The Morgan fingerprint density at radius 3 is 0.747 bits per heavy atom. The van der Waals surface area contributed by atoms with Gasteiger partial charge in [0.25, 0.3) is 0 Å². The minimum absolute atomic E-state index is 0.105. The van der Waals surface area contributed by atoms with E-state index in [1.807, 2.05) is 0 Å². The van der Waals surface area contributed by atoms with Crippen LogP contribution in [0.4, 0.5) is 0 Å². The smallest absolute Gasteiger partial charge is 0.462 e. The predicted octanol–water partition coefficient (Wildman–Crippen LogP) is 22.0. The van der Waals surface area contributed by atoms with Crippen molar-refractivity contribution in [2.24, 2.45) is 23.7 Å². The molecule has 0 heterocycles. The van der Waals surface area contributed by atoms with Gasteiger partial charge in [0.2, 0.25) is 0 Å². The molecule has 0 fully saturated rings. The summed E-state index contributed by atoms with van der Waals surface area (Å²) < 4.78 is 68.5. The van der Waals surface area contributed by atoms with Gasteiger partial charge >= 0.3 is 39.5 Å². The van der Waals surface area contributed by atoms with Crippen LogP contribution in [0.3, 0.4) is 0 Å². The van der Waals surface area contributed by atoms with E-state index in [0.717, 1.165) is 114 Å². The van der Waals surface area contributed by atoms with Gasteiger partial charge in [-0.05, 0) is 49.4 Å². The summed E-state index contributed by atoms with van der Waals surface area (Å²) in [7, 11) is -9.91. The van der Waals surface area contributed by atoms with Crippen LogP contribution in [0.2, 0.25) is 0 Å². The third-order valence-electron chi connectivity index (χ3n) is 17.9. The largest absolute Gasteiger partial charge is 0.472 e. The van der Waals surface area contributed by atoms with Gasteiger partial charge in [0.15, 0.2) is 12.2 Å². The Balaban J connectivity index is 5.26. The van der Waals surface area contributed by atoms with Crippen LogP contribution in [0.5, 0.6) is 0 Å². The molecule has 0 spiro atoms. The van der Waals surface area contributed by atoms with E-state index < -0.39 is 97.5 Å². The Kier molecular flexibility index (Phi) is 64.0. The lowest BCUT2D eigenvalue weighted by molar-refractivity contribution is -0.161. The Morgan fingerprint density at radius 1 is 0.295 bits per heavy atom. The fraction of sp³-hybridized carbons (Fsp3) is 0.947. The van der Waals surface area contributed by atoms with Crippen LogP contribution in [0.15, 0.2) is 0 Å². The number of rotatable bonds is 73. The maximum Gasteiger partial charge on any atom is 0.472 e. The van der Waals surface area contributed by atoms with Gasteiger partial charge in [0.05, 0.1) is 26.4 Å². The van der Waals surface area contributed by atoms with Crippen molar-refractivity contribution < 1.29 is 80.2 Å². The van der Waals surface area contributed by atoms with Gasteiger partial charge in [-0.3, -0.25) is 37.3 Å². The molecule has 0 bridgehead atoms. The molecule has 0 aromatic heterocycles. The molecule has 0 amide bonds. The summed E-state index contributed by atoms with van der Waals surface area (Å²) in [6.07, 6.45) is 49.9. The van der Waals surface area contributed by atoms with Gasteiger partial charge in [-0.15, -0.1) is 0 Å². The van der Waals surface area contributed by atoms with Gasteiger partial charge in [-0.2, -0.15) is 0 Å². The lowest BCUT2D eigenvalue weighted by Crippen LogP contribution is -2.30. The minimum atomic E-state index is -4.96. The second-order valence-corrected chi connectivity index (χ2v) is 32.0. The van der Waals surface area contributed by atoms with Crippen molar-refractivity contribution >= 4 is 39.5 Å². The fourth-order valence-corrected chi connectivity index (χ4v) is 13.1. The number of hydrogen-bond donors (Lipinski definition) is 3. The molecule has 564 valence electrons. The second kappa shape index (κ2) is 65.4.